The molecule has 1 aliphatic heterocycles. The molecule has 4 heteroatoms. The number of benzene rings is 2. The van der Waals surface area contributed by atoms with E-state index in [1.807, 2.05) is 43.3 Å². The SMILES string of the molecule is CC(N)c1ccc(Br)cc1OCC1COc2ccccc21. The molecule has 3 nitrogen and oxygen atoms in total. The van der Waals surface area contributed by atoms with Crippen LogP contribution in [0.1, 0.15) is 30.0 Å². The molecular weight excluding hydrogens is 330 g/mol. The quantitative estimate of drug-likeness (QED) is 0.908. The highest BCUT2D eigenvalue weighted by Gasteiger charge is 2.24. The highest BCUT2D eigenvalue weighted by Crippen LogP contribution is 2.35. The molecule has 2 atom stereocenters. The molecule has 0 fully saturated rings. The fourth-order valence-electron chi connectivity index (χ4n) is 2.57. The summed E-state index contributed by atoms with van der Waals surface area (Å²) < 4.78 is 12.7. The minimum absolute atomic E-state index is 0.0554. The Morgan fingerprint density at radius 2 is 2.14 bits per heavy atom. The third-order valence-electron chi connectivity index (χ3n) is 3.71. The van der Waals surface area contributed by atoms with Gasteiger partial charge >= 0.3 is 0 Å². The molecule has 1 heterocycles. The first kappa shape index (κ1) is 14.4. The average molecular weight is 348 g/mol. The zero-order valence-electron chi connectivity index (χ0n) is 11.9. The van der Waals surface area contributed by atoms with Crippen LogP contribution >= 0.6 is 15.9 Å². The number of nitrogens with two attached hydrogens (primary N) is 1. The summed E-state index contributed by atoms with van der Waals surface area (Å²) in [6.07, 6.45) is 0. The van der Waals surface area contributed by atoms with Crippen molar-refractivity contribution in [3.05, 3.63) is 58.1 Å². The van der Waals surface area contributed by atoms with E-state index >= 15 is 0 Å². The number of rotatable bonds is 4. The van der Waals surface area contributed by atoms with Gasteiger partial charge in [0.15, 0.2) is 0 Å². The predicted octanol–water partition coefficient (Wildman–Crippen LogP) is 4.02. The van der Waals surface area contributed by atoms with Gasteiger partial charge in [0.1, 0.15) is 11.5 Å². The van der Waals surface area contributed by atoms with Crippen LogP contribution in [-0.2, 0) is 0 Å². The smallest absolute Gasteiger partial charge is 0.125 e. The third kappa shape index (κ3) is 3.06. The second-order valence-corrected chi connectivity index (χ2v) is 6.24. The molecule has 0 aliphatic carbocycles. The van der Waals surface area contributed by atoms with Gasteiger partial charge in [-0.15, -0.1) is 0 Å². The normalized spacial score (nSPS) is 18.0. The highest BCUT2D eigenvalue weighted by atomic mass is 79.9. The summed E-state index contributed by atoms with van der Waals surface area (Å²) in [5, 5.41) is 0. The van der Waals surface area contributed by atoms with Crippen LogP contribution in [0.5, 0.6) is 11.5 Å². The number of fused-ring (bicyclic) bond motifs is 1. The molecule has 0 aromatic heterocycles. The van der Waals surface area contributed by atoms with E-state index in [0.29, 0.717) is 13.2 Å². The summed E-state index contributed by atoms with van der Waals surface area (Å²) in [6.45, 7) is 3.22. The Morgan fingerprint density at radius 1 is 1.33 bits per heavy atom. The van der Waals surface area contributed by atoms with Crippen LogP contribution < -0.4 is 15.2 Å². The Kier molecular flexibility index (Phi) is 4.17. The van der Waals surface area contributed by atoms with Gasteiger partial charge in [-0.3, -0.25) is 0 Å². The van der Waals surface area contributed by atoms with Gasteiger partial charge in [-0.25, -0.2) is 0 Å². The van der Waals surface area contributed by atoms with E-state index < -0.39 is 0 Å². The lowest BCUT2D eigenvalue weighted by Crippen LogP contribution is -2.14. The first-order valence-electron chi connectivity index (χ1n) is 7.04. The first-order chi connectivity index (χ1) is 10.1. The van der Waals surface area contributed by atoms with Gasteiger partial charge in [-0.2, -0.15) is 0 Å². The van der Waals surface area contributed by atoms with Gasteiger partial charge < -0.3 is 15.2 Å². The maximum atomic E-state index is 6.03. The number of ether oxygens (including phenoxy) is 2. The molecular formula is C17H18BrNO2. The van der Waals surface area contributed by atoms with E-state index in [4.69, 9.17) is 15.2 Å². The largest absolute Gasteiger partial charge is 0.493 e. The molecule has 0 amide bonds. The zero-order chi connectivity index (χ0) is 14.8. The molecule has 2 aromatic rings. The third-order valence-corrected chi connectivity index (χ3v) is 4.20. The van der Waals surface area contributed by atoms with Crippen LogP contribution in [0.2, 0.25) is 0 Å². The van der Waals surface area contributed by atoms with Gasteiger partial charge in [0.05, 0.1) is 19.1 Å². The number of hydrogen-bond acceptors (Lipinski definition) is 3. The summed E-state index contributed by atoms with van der Waals surface area (Å²) >= 11 is 3.48. The minimum atomic E-state index is -0.0554. The van der Waals surface area contributed by atoms with Crippen molar-refractivity contribution in [1.29, 1.82) is 0 Å². The lowest BCUT2D eigenvalue weighted by molar-refractivity contribution is 0.246. The molecule has 2 aromatic carbocycles. The van der Waals surface area contributed by atoms with E-state index in [1.165, 1.54) is 5.56 Å². The Hall–Kier alpha value is -1.52. The molecule has 0 spiro atoms. The van der Waals surface area contributed by atoms with Crippen molar-refractivity contribution in [3.63, 3.8) is 0 Å². The van der Waals surface area contributed by atoms with Crippen molar-refractivity contribution < 1.29 is 9.47 Å². The van der Waals surface area contributed by atoms with Crippen molar-refractivity contribution in [2.75, 3.05) is 13.2 Å². The summed E-state index contributed by atoms with van der Waals surface area (Å²) in [5.74, 6) is 2.07. The fraction of sp³-hybridized carbons (Fsp3) is 0.294. The standard InChI is InChI=1S/C17H18BrNO2/c1-11(19)14-7-6-13(18)8-17(14)21-10-12-9-20-16-5-3-2-4-15(12)16/h2-8,11-12H,9-10,19H2,1H3. The maximum absolute atomic E-state index is 6.03. The van der Waals surface area contributed by atoms with Crippen LogP contribution in [0.25, 0.3) is 0 Å². The minimum Gasteiger partial charge on any atom is -0.493 e. The van der Waals surface area contributed by atoms with Gasteiger partial charge in [-0.05, 0) is 25.1 Å². The first-order valence-corrected chi connectivity index (χ1v) is 7.84. The summed E-state index contributed by atoms with van der Waals surface area (Å²) in [5.41, 5.74) is 8.24. The van der Waals surface area contributed by atoms with Gasteiger partial charge in [0.2, 0.25) is 0 Å². The second kappa shape index (κ2) is 6.08. The number of para-hydroxylation sites is 1. The fourth-order valence-corrected chi connectivity index (χ4v) is 2.91. The second-order valence-electron chi connectivity index (χ2n) is 5.33. The van der Waals surface area contributed by atoms with Gasteiger partial charge in [0.25, 0.3) is 0 Å². The maximum Gasteiger partial charge on any atom is 0.125 e. The molecule has 0 saturated heterocycles. The number of halogens is 1. The molecule has 21 heavy (non-hydrogen) atoms. The summed E-state index contributed by atoms with van der Waals surface area (Å²) in [6, 6.07) is 14.0. The summed E-state index contributed by atoms with van der Waals surface area (Å²) in [4.78, 5) is 0. The van der Waals surface area contributed by atoms with E-state index in [2.05, 4.69) is 22.0 Å². The Bertz CT molecular complexity index is 642. The molecule has 3 rings (SSSR count). The van der Waals surface area contributed by atoms with Crippen molar-refractivity contribution in [2.45, 2.75) is 18.9 Å². The van der Waals surface area contributed by atoms with Crippen molar-refractivity contribution in [2.24, 2.45) is 5.73 Å². The van der Waals surface area contributed by atoms with Crippen LogP contribution in [0, 0.1) is 0 Å². The Balaban J connectivity index is 1.76. The molecule has 1 aliphatic rings. The monoisotopic (exact) mass is 347 g/mol. The van der Waals surface area contributed by atoms with E-state index in [-0.39, 0.29) is 12.0 Å². The lowest BCUT2D eigenvalue weighted by atomic mass is 10.0. The molecule has 2 unspecified atom stereocenters. The van der Waals surface area contributed by atoms with E-state index in [9.17, 15) is 0 Å². The van der Waals surface area contributed by atoms with Gasteiger partial charge in [0, 0.05) is 21.6 Å². The summed E-state index contributed by atoms with van der Waals surface area (Å²) in [7, 11) is 0. The molecule has 0 bridgehead atoms. The van der Waals surface area contributed by atoms with Crippen molar-refractivity contribution in [1.82, 2.24) is 0 Å². The van der Waals surface area contributed by atoms with Gasteiger partial charge in [-0.1, -0.05) is 40.2 Å². The molecule has 0 radical (unpaired) electrons. The molecule has 0 saturated carbocycles. The van der Waals surface area contributed by atoms with Crippen LogP contribution in [0.3, 0.4) is 0 Å². The Morgan fingerprint density at radius 3 is 2.95 bits per heavy atom. The zero-order valence-corrected chi connectivity index (χ0v) is 13.5. The van der Waals surface area contributed by atoms with Crippen LogP contribution in [0.15, 0.2) is 46.9 Å². The van der Waals surface area contributed by atoms with Crippen molar-refractivity contribution >= 4 is 15.9 Å². The predicted molar refractivity (Wildman–Crippen MR) is 86.9 cm³/mol. The molecule has 2 N–H and O–H groups in total. The number of hydrogen-bond donors (Lipinski definition) is 1. The van der Waals surface area contributed by atoms with Crippen LogP contribution in [-0.4, -0.2) is 13.2 Å². The van der Waals surface area contributed by atoms with Crippen LogP contribution in [0.4, 0.5) is 0 Å². The Labute approximate surface area is 133 Å². The van der Waals surface area contributed by atoms with E-state index in [1.54, 1.807) is 0 Å². The topological polar surface area (TPSA) is 44.5 Å². The van der Waals surface area contributed by atoms with Crippen molar-refractivity contribution in [3.8, 4) is 11.5 Å². The molecule has 110 valence electrons. The highest BCUT2D eigenvalue weighted by molar-refractivity contribution is 9.10. The van der Waals surface area contributed by atoms with E-state index in [0.717, 1.165) is 21.5 Å². The lowest BCUT2D eigenvalue weighted by Gasteiger charge is -2.16. The average Bonchev–Trinajstić information content (AvgIpc) is 2.88.